The maximum atomic E-state index is 9.29. The van der Waals surface area contributed by atoms with E-state index in [9.17, 15) is 5.11 Å². The van der Waals surface area contributed by atoms with E-state index in [0.717, 1.165) is 49.5 Å². The average Bonchev–Trinajstić information content (AvgIpc) is 2.96. The Morgan fingerprint density at radius 1 is 1.33 bits per heavy atom. The lowest BCUT2D eigenvalue weighted by Gasteiger charge is -2.30. The number of likely N-dealkylation sites (tertiary alicyclic amines) is 1. The highest BCUT2D eigenvalue weighted by Gasteiger charge is 2.20. The van der Waals surface area contributed by atoms with Crippen LogP contribution in [0.5, 0.6) is 0 Å². The summed E-state index contributed by atoms with van der Waals surface area (Å²) in [7, 11) is 0. The highest BCUT2D eigenvalue weighted by molar-refractivity contribution is 5.59. The van der Waals surface area contributed by atoms with Crippen LogP contribution in [-0.4, -0.2) is 34.9 Å². The summed E-state index contributed by atoms with van der Waals surface area (Å²) in [6, 6.07) is 10.3. The van der Waals surface area contributed by atoms with Crippen LogP contribution in [0.25, 0.3) is 11.3 Å². The van der Waals surface area contributed by atoms with Crippen molar-refractivity contribution in [1.29, 1.82) is 0 Å². The fourth-order valence-electron chi connectivity index (χ4n) is 2.91. The van der Waals surface area contributed by atoms with Crippen LogP contribution < -0.4 is 0 Å². The Balaban J connectivity index is 1.66. The number of aryl methyl sites for hydroxylation is 1. The summed E-state index contributed by atoms with van der Waals surface area (Å²) in [6.07, 6.45) is 2.27. The first-order valence-corrected chi connectivity index (χ1v) is 7.60. The number of aromatic nitrogens is 1. The summed E-state index contributed by atoms with van der Waals surface area (Å²) in [5.74, 6) is 1.29. The third kappa shape index (κ3) is 3.52. The predicted octanol–water partition coefficient (Wildman–Crippen LogP) is 2.85. The minimum atomic E-state index is 0.279. The first kappa shape index (κ1) is 14.3. The van der Waals surface area contributed by atoms with Gasteiger partial charge in [0.1, 0.15) is 5.69 Å². The van der Waals surface area contributed by atoms with Crippen LogP contribution in [0, 0.1) is 12.8 Å². The van der Waals surface area contributed by atoms with E-state index in [-0.39, 0.29) is 6.61 Å². The molecule has 2 heterocycles. The van der Waals surface area contributed by atoms with Gasteiger partial charge in [0.25, 0.3) is 0 Å². The van der Waals surface area contributed by atoms with E-state index in [2.05, 4.69) is 41.2 Å². The molecule has 1 N–H and O–H groups in total. The Hall–Kier alpha value is -1.65. The molecule has 1 fully saturated rings. The lowest BCUT2D eigenvalue weighted by molar-refractivity contribution is 0.108. The Morgan fingerprint density at radius 2 is 2.14 bits per heavy atom. The molecule has 0 amide bonds. The molecule has 21 heavy (non-hydrogen) atoms. The number of rotatable bonds is 4. The molecule has 0 aliphatic carbocycles. The molecule has 0 bridgehead atoms. The van der Waals surface area contributed by atoms with Gasteiger partial charge in [-0.1, -0.05) is 35.0 Å². The maximum absolute atomic E-state index is 9.29. The van der Waals surface area contributed by atoms with E-state index in [1.807, 2.05) is 6.07 Å². The van der Waals surface area contributed by atoms with Gasteiger partial charge in [-0.25, -0.2) is 0 Å². The molecule has 0 saturated carbocycles. The van der Waals surface area contributed by atoms with Crippen molar-refractivity contribution in [3.63, 3.8) is 0 Å². The highest BCUT2D eigenvalue weighted by Crippen LogP contribution is 2.22. The number of benzene rings is 1. The van der Waals surface area contributed by atoms with Gasteiger partial charge in [0.05, 0.1) is 6.54 Å². The number of hydrogen-bond donors (Lipinski definition) is 1. The SMILES string of the molecule is Cc1ccc(-c2cc(CN3CCCC(CO)C3)on2)cc1. The van der Waals surface area contributed by atoms with Crippen molar-refractivity contribution in [3.8, 4) is 11.3 Å². The van der Waals surface area contributed by atoms with Crippen LogP contribution in [0.3, 0.4) is 0 Å². The first-order valence-electron chi connectivity index (χ1n) is 7.60. The van der Waals surface area contributed by atoms with Gasteiger partial charge in [0, 0.05) is 24.8 Å². The summed E-state index contributed by atoms with van der Waals surface area (Å²) < 4.78 is 5.47. The zero-order chi connectivity index (χ0) is 14.7. The van der Waals surface area contributed by atoms with Gasteiger partial charge in [-0.05, 0) is 32.2 Å². The molecule has 1 aliphatic heterocycles. The molecule has 4 heteroatoms. The molecule has 1 atom stereocenters. The Bertz CT molecular complexity index is 577. The fourth-order valence-corrected chi connectivity index (χ4v) is 2.91. The zero-order valence-corrected chi connectivity index (χ0v) is 12.5. The van der Waals surface area contributed by atoms with E-state index in [1.54, 1.807) is 0 Å². The van der Waals surface area contributed by atoms with Gasteiger partial charge < -0.3 is 9.63 Å². The maximum Gasteiger partial charge on any atom is 0.151 e. The fraction of sp³-hybridized carbons (Fsp3) is 0.471. The monoisotopic (exact) mass is 286 g/mol. The molecule has 4 nitrogen and oxygen atoms in total. The quantitative estimate of drug-likeness (QED) is 0.939. The van der Waals surface area contributed by atoms with Crippen LogP contribution >= 0.6 is 0 Å². The van der Waals surface area contributed by atoms with Crippen LogP contribution in [0.2, 0.25) is 0 Å². The second-order valence-corrected chi connectivity index (χ2v) is 5.97. The molecule has 1 aliphatic rings. The van der Waals surface area contributed by atoms with Crippen molar-refractivity contribution in [3.05, 3.63) is 41.7 Å². The smallest absolute Gasteiger partial charge is 0.151 e. The largest absolute Gasteiger partial charge is 0.396 e. The minimum Gasteiger partial charge on any atom is -0.396 e. The van der Waals surface area contributed by atoms with Crippen molar-refractivity contribution >= 4 is 0 Å². The lowest BCUT2D eigenvalue weighted by Crippen LogP contribution is -2.36. The second kappa shape index (κ2) is 6.41. The van der Waals surface area contributed by atoms with Crippen LogP contribution in [-0.2, 0) is 6.54 Å². The Labute approximate surface area is 125 Å². The lowest BCUT2D eigenvalue weighted by atomic mass is 9.99. The molecule has 1 aromatic heterocycles. The molecular formula is C17H22N2O2. The number of aliphatic hydroxyl groups is 1. The summed E-state index contributed by atoms with van der Waals surface area (Å²) in [5, 5.41) is 13.5. The molecular weight excluding hydrogens is 264 g/mol. The Morgan fingerprint density at radius 3 is 2.90 bits per heavy atom. The van der Waals surface area contributed by atoms with E-state index < -0.39 is 0 Å². The summed E-state index contributed by atoms with van der Waals surface area (Å²) in [5.41, 5.74) is 3.22. The van der Waals surface area contributed by atoms with Gasteiger partial charge in [0.15, 0.2) is 5.76 Å². The first-order chi connectivity index (χ1) is 10.2. The van der Waals surface area contributed by atoms with E-state index in [4.69, 9.17) is 4.52 Å². The predicted molar refractivity (Wildman–Crippen MR) is 81.8 cm³/mol. The number of piperidine rings is 1. The van der Waals surface area contributed by atoms with Crippen molar-refractivity contribution < 1.29 is 9.63 Å². The van der Waals surface area contributed by atoms with E-state index in [1.165, 1.54) is 5.56 Å². The van der Waals surface area contributed by atoms with Gasteiger partial charge in [-0.2, -0.15) is 0 Å². The van der Waals surface area contributed by atoms with Crippen molar-refractivity contribution in [2.24, 2.45) is 5.92 Å². The van der Waals surface area contributed by atoms with Crippen LogP contribution in [0.4, 0.5) is 0 Å². The third-order valence-corrected chi connectivity index (χ3v) is 4.15. The van der Waals surface area contributed by atoms with Crippen LogP contribution in [0.1, 0.15) is 24.2 Å². The normalized spacial score (nSPS) is 19.8. The molecule has 1 saturated heterocycles. The molecule has 3 rings (SSSR count). The molecule has 1 unspecified atom stereocenters. The van der Waals surface area contributed by atoms with E-state index in [0.29, 0.717) is 5.92 Å². The van der Waals surface area contributed by atoms with E-state index >= 15 is 0 Å². The Kier molecular flexibility index (Phi) is 4.36. The van der Waals surface area contributed by atoms with Crippen molar-refractivity contribution in [2.45, 2.75) is 26.3 Å². The number of hydrogen-bond acceptors (Lipinski definition) is 4. The van der Waals surface area contributed by atoms with Crippen molar-refractivity contribution in [1.82, 2.24) is 10.1 Å². The van der Waals surface area contributed by atoms with Gasteiger partial charge in [-0.3, -0.25) is 4.90 Å². The number of nitrogens with zero attached hydrogens (tertiary/aromatic N) is 2. The molecule has 2 aromatic rings. The standard InChI is InChI=1S/C17H22N2O2/c1-13-4-6-15(7-5-13)17-9-16(21-18-17)11-19-8-2-3-14(10-19)12-20/h4-7,9,14,20H,2-3,8,10-12H2,1H3. The van der Waals surface area contributed by atoms with Gasteiger partial charge >= 0.3 is 0 Å². The summed E-state index contributed by atoms with van der Waals surface area (Å²) in [4.78, 5) is 2.34. The topological polar surface area (TPSA) is 49.5 Å². The van der Waals surface area contributed by atoms with Crippen LogP contribution in [0.15, 0.2) is 34.9 Å². The second-order valence-electron chi connectivity index (χ2n) is 5.97. The summed E-state index contributed by atoms with van der Waals surface area (Å²) >= 11 is 0. The van der Waals surface area contributed by atoms with Gasteiger partial charge in [0.2, 0.25) is 0 Å². The molecule has 0 spiro atoms. The molecule has 112 valence electrons. The van der Waals surface area contributed by atoms with Crippen molar-refractivity contribution in [2.75, 3.05) is 19.7 Å². The highest BCUT2D eigenvalue weighted by atomic mass is 16.5. The minimum absolute atomic E-state index is 0.279. The zero-order valence-electron chi connectivity index (χ0n) is 12.5. The average molecular weight is 286 g/mol. The third-order valence-electron chi connectivity index (χ3n) is 4.15. The van der Waals surface area contributed by atoms with Gasteiger partial charge in [-0.15, -0.1) is 0 Å². The summed E-state index contributed by atoms with van der Waals surface area (Å²) in [6.45, 7) is 5.14. The number of aliphatic hydroxyl groups excluding tert-OH is 1. The molecule has 1 aromatic carbocycles. The molecule has 0 radical (unpaired) electrons.